The van der Waals surface area contributed by atoms with Gasteiger partial charge < -0.3 is 9.47 Å². The zero-order valence-electron chi connectivity index (χ0n) is 18.3. The van der Waals surface area contributed by atoms with Crippen molar-refractivity contribution in [3.63, 3.8) is 0 Å². The summed E-state index contributed by atoms with van der Waals surface area (Å²) >= 11 is 0. The molecule has 0 aromatic heterocycles. The first-order valence-electron chi connectivity index (χ1n) is 10.1. The smallest absolute Gasteiger partial charge is 0.327 e. The van der Waals surface area contributed by atoms with Crippen molar-refractivity contribution in [3.05, 3.63) is 60.7 Å². The lowest BCUT2D eigenvalue weighted by Crippen LogP contribution is -2.57. The van der Waals surface area contributed by atoms with Crippen molar-refractivity contribution in [1.29, 1.82) is 0 Å². The van der Waals surface area contributed by atoms with Gasteiger partial charge in [0.25, 0.3) is 0 Å². The fraction of sp³-hybridized carbons (Fsp3) is 0.364. The molecular weight excluding hydrogens is 470 g/mol. The molecular formula is C22H25NO8S2. The van der Waals surface area contributed by atoms with Gasteiger partial charge >= 0.3 is 11.9 Å². The van der Waals surface area contributed by atoms with E-state index in [0.717, 1.165) is 7.11 Å². The monoisotopic (exact) mass is 495 g/mol. The molecule has 1 saturated heterocycles. The van der Waals surface area contributed by atoms with Gasteiger partial charge in [0, 0.05) is 0 Å². The summed E-state index contributed by atoms with van der Waals surface area (Å²) in [6.07, 6.45) is 0. The molecule has 2 aromatic rings. The molecule has 9 nitrogen and oxygen atoms in total. The van der Waals surface area contributed by atoms with Crippen LogP contribution in [-0.2, 0) is 38.7 Å². The molecule has 0 unspecified atom stereocenters. The second-order valence-electron chi connectivity index (χ2n) is 7.67. The number of carbonyl (C=O) groups excluding carboxylic acids is 2. The second-order valence-corrected chi connectivity index (χ2v) is 11.8. The molecule has 3 rings (SSSR count). The lowest BCUT2D eigenvalue weighted by molar-refractivity contribution is -0.148. The van der Waals surface area contributed by atoms with Crippen molar-refractivity contribution >= 4 is 31.6 Å². The number of nitrogens with one attached hydrogen (secondary N) is 1. The maximum Gasteiger partial charge on any atom is 0.327 e. The van der Waals surface area contributed by atoms with Crippen LogP contribution in [0.5, 0.6) is 0 Å². The number of rotatable bonds is 7. The zero-order chi connectivity index (χ0) is 24.4. The van der Waals surface area contributed by atoms with Crippen molar-refractivity contribution in [3.8, 4) is 0 Å². The van der Waals surface area contributed by atoms with E-state index in [9.17, 15) is 26.4 Å². The number of benzene rings is 2. The number of hydrogen-bond donors (Lipinski definition) is 1. The number of methoxy groups -OCH3 is 1. The Hall–Kier alpha value is -2.76. The van der Waals surface area contributed by atoms with Crippen molar-refractivity contribution in [2.75, 3.05) is 13.7 Å². The summed E-state index contributed by atoms with van der Waals surface area (Å²) in [6, 6.07) is 12.7. The molecule has 1 aliphatic rings. The van der Waals surface area contributed by atoms with E-state index >= 15 is 0 Å². The Morgan fingerprint density at radius 2 is 1.39 bits per heavy atom. The van der Waals surface area contributed by atoms with E-state index in [1.165, 1.54) is 62.4 Å². The van der Waals surface area contributed by atoms with Crippen LogP contribution in [0.2, 0.25) is 0 Å². The van der Waals surface area contributed by atoms with Crippen LogP contribution in [0.1, 0.15) is 13.8 Å². The maximum atomic E-state index is 13.8. The molecule has 0 radical (unpaired) electrons. The lowest BCUT2D eigenvalue weighted by Gasteiger charge is -2.30. The third kappa shape index (κ3) is 4.28. The number of carbonyl (C=O) groups is 2. The summed E-state index contributed by atoms with van der Waals surface area (Å²) in [7, 11) is -7.87. The molecule has 1 heterocycles. The van der Waals surface area contributed by atoms with Crippen molar-refractivity contribution < 1.29 is 35.9 Å². The number of esters is 2. The molecule has 2 aromatic carbocycles. The van der Waals surface area contributed by atoms with Crippen molar-refractivity contribution in [2.45, 2.75) is 45.7 Å². The van der Waals surface area contributed by atoms with Gasteiger partial charge in [-0.2, -0.15) is 0 Å². The molecule has 1 fully saturated rings. The van der Waals surface area contributed by atoms with Crippen LogP contribution in [0.25, 0.3) is 0 Å². The van der Waals surface area contributed by atoms with E-state index in [-0.39, 0.29) is 16.4 Å². The highest BCUT2D eigenvalue weighted by molar-refractivity contribution is 7.96. The van der Waals surface area contributed by atoms with Gasteiger partial charge in [0.15, 0.2) is 19.7 Å². The van der Waals surface area contributed by atoms with Crippen molar-refractivity contribution in [1.82, 2.24) is 5.32 Å². The highest BCUT2D eigenvalue weighted by Crippen LogP contribution is 2.40. The van der Waals surface area contributed by atoms with Crippen LogP contribution in [-0.4, -0.2) is 64.6 Å². The summed E-state index contributed by atoms with van der Waals surface area (Å²) in [5.41, 5.74) is -2.06. The van der Waals surface area contributed by atoms with E-state index in [2.05, 4.69) is 5.32 Å². The van der Waals surface area contributed by atoms with Crippen LogP contribution in [0.4, 0.5) is 0 Å². The van der Waals surface area contributed by atoms with Gasteiger partial charge in [-0.25, -0.2) is 16.8 Å². The molecule has 11 heteroatoms. The molecule has 0 spiro atoms. The quantitative estimate of drug-likeness (QED) is 0.561. The zero-order valence-corrected chi connectivity index (χ0v) is 19.9. The molecule has 0 aliphatic carbocycles. The van der Waals surface area contributed by atoms with Gasteiger partial charge in [-0.15, -0.1) is 0 Å². The minimum atomic E-state index is -4.47. The summed E-state index contributed by atoms with van der Waals surface area (Å²) < 4.78 is 65.1. The summed E-state index contributed by atoms with van der Waals surface area (Å²) in [4.78, 5) is 25.3. The number of hydrogen-bond acceptors (Lipinski definition) is 9. The average Bonchev–Trinajstić information content (AvgIpc) is 3.16. The molecule has 4 atom stereocenters. The average molecular weight is 496 g/mol. The Morgan fingerprint density at radius 3 is 1.85 bits per heavy atom. The summed E-state index contributed by atoms with van der Waals surface area (Å²) in [5, 5.41) is -1.11. The minimum absolute atomic E-state index is 0.0693. The van der Waals surface area contributed by atoms with Crippen LogP contribution >= 0.6 is 0 Å². The molecule has 1 N–H and O–H groups in total. The van der Waals surface area contributed by atoms with Crippen LogP contribution in [0.3, 0.4) is 0 Å². The molecule has 33 heavy (non-hydrogen) atoms. The second kappa shape index (κ2) is 9.24. The van der Waals surface area contributed by atoms with Gasteiger partial charge in [0.2, 0.25) is 0 Å². The molecule has 1 aliphatic heterocycles. The Bertz CT molecular complexity index is 1230. The van der Waals surface area contributed by atoms with Gasteiger partial charge in [-0.1, -0.05) is 36.4 Å². The first-order chi connectivity index (χ1) is 15.5. The highest BCUT2D eigenvalue weighted by atomic mass is 32.2. The lowest BCUT2D eigenvalue weighted by atomic mass is 9.99. The van der Waals surface area contributed by atoms with E-state index < -0.39 is 53.7 Å². The predicted molar refractivity (Wildman–Crippen MR) is 119 cm³/mol. The largest absolute Gasteiger partial charge is 0.468 e. The SMILES string of the molecule is CCOC(=O)[C@@H]1N[C@](C)(C(=O)OC)[C@@H](S(=O)(=O)c2ccccc2)[C@@H]1S(=O)(=O)c1ccccc1. The first kappa shape index (κ1) is 24.9. The molecule has 0 bridgehead atoms. The third-order valence-corrected chi connectivity index (χ3v) is 10.4. The standard InChI is InChI=1S/C22H25NO8S2/c1-4-31-20(24)17-18(32(26,27)15-11-7-5-8-12-15)19(22(2,23-17)21(25)30-3)33(28,29)16-13-9-6-10-14-16/h5-14,17-19,23H,4H2,1-3H3/t17-,18-,19+,22+/m1/s1. The van der Waals surface area contributed by atoms with E-state index in [1.54, 1.807) is 12.1 Å². The number of ether oxygens (including phenoxy) is 2. The number of sulfone groups is 2. The Balaban J connectivity index is 2.33. The Kier molecular flexibility index (Phi) is 6.96. The Morgan fingerprint density at radius 1 is 0.909 bits per heavy atom. The van der Waals surface area contributed by atoms with Gasteiger partial charge in [0.05, 0.1) is 23.5 Å². The van der Waals surface area contributed by atoms with Gasteiger partial charge in [-0.3, -0.25) is 14.9 Å². The molecule has 178 valence electrons. The predicted octanol–water partition coefficient (Wildman–Crippen LogP) is 1.14. The van der Waals surface area contributed by atoms with E-state index in [1.807, 2.05) is 0 Å². The summed E-state index contributed by atoms with van der Waals surface area (Å²) in [6.45, 7) is 2.68. The molecule has 0 saturated carbocycles. The topological polar surface area (TPSA) is 133 Å². The molecule has 0 amide bonds. The van der Waals surface area contributed by atoms with Crippen LogP contribution in [0.15, 0.2) is 70.5 Å². The van der Waals surface area contributed by atoms with Crippen LogP contribution < -0.4 is 5.32 Å². The van der Waals surface area contributed by atoms with E-state index in [4.69, 9.17) is 9.47 Å². The fourth-order valence-electron chi connectivity index (χ4n) is 4.16. The highest BCUT2D eigenvalue weighted by Gasteiger charge is 2.67. The van der Waals surface area contributed by atoms with Gasteiger partial charge in [-0.05, 0) is 38.1 Å². The fourth-order valence-corrected chi connectivity index (χ4v) is 9.14. The maximum absolute atomic E-state index is 13.8. The minimum Gasteiger partial charge on any atom is -0.468 e. The normalized spacial score (nSPS) is 25.4. The Labute approximate surface area is 192 Å². The van der Waals surface area contributed by atoms with Gasteiger partial charge in [0.1, 0.15) is 22.1 Å². The first-order valence-corrected chi connectivity index (χ1v) is 13.2. The third-order valence-electron chi connectivity index (χ3n) is 5.64. The summed E-state index contributed by atoms with van der Waals surface area (Å²) in [5.74, 6) is -2.00. The van der Waals surface area contributed by atoms with Crippen LogP contribution in [0, 0.1) is 0 Å². The van der Waals surface area contributed by atoms with E-state index in [0.29, 0.717) is 0 Å². The van der Waals surface area contributed by atoms with Crippen molar-refractivity contribution in [2.24, 2.45) is 0 Å².